The summed E-state index contributed by atoms with van der Waals surface area (Å²) in [4.78, 5) is 52.0. The molecular formula is C21H29N5O10. The molecule has 2 saturated heterocycles. The van der Waals surface area contributed by atoms with Gasteiger partial charge >= 0.3 is 11.7 Å². The number of carboxylic acid groups (broad SMARTS) is 1. The fraction of sp³-hybridized carbons (Fsp3) is 0.619. The van der Waals surface area contributed by atoms with Gasteiger partial charge in [-0.1, -0.05) is 0 Å². The molecule has 0 aliphatic carbocycles. The number of H-pyrrole nitrogens is 1. The van der Waals surface area contributed by atoms with Crippen molar-refractivity contribution in [3.05, 3.63) is 44.9 Å². The smallest absolute Gasteiger partial charge is 0.352 e. The number of hydrogen-bond acceptors (Lipinski definition) is 11. The van der Waals surface area contributed by atoms with E-state index in [2.05, 4.69) is 10.3 Å². The lowest BCUT2D eigenvalue weighted by Crippen LogP contribution is -2.58. The summed E-state index contributed by atoms with van der Waals surface area (Å²) < 4.78 is 18.8. The second-order valence-electron chi connectivity index (χ2n) is 8.92. The van der Waals surface area contributed by atoms with Gasteiger partial charge in [-0.3, -0.25) is 24.0 Å². The largest absolute Gasteiger partial charge is 0.477 e. The minimum absolute atomic E-state index is 0.0289. The highest BCUT2D eigenvalue weighted by Gasteiger charge is 2.50. The maximum atomic E-state index is 13.2. The van der Waals surface area contributed by atoms with Crippen molar-refractivity contribution in [1.82, 2.24) is 19.8 Å². The van der Waals surface area contributed by atoms with Crippen LogP contribution in [0.5, 0.6) is 0 Å². The van der Waals surface area contributed by atoms with Crippen molar-refractivity contribution in [3.8, 4) is 0 Å². The lowest BCUT2D eigenvalue weighted by molar-refractivity contribution is -0.214. The molecule has 2 fully saturated rings. The number of ether oxygens (including phenoxy) is 3. The van der Waals surface area contributed by atoms with Crippen LogP contribution in [0.2, 0.25) is 0 Å². The minimum Gasteiger partial charge on any atom is -0.477 e. The zero-order valence-corrected chi connectivity index (χ0v) is 19.4. The molecule has 1 amide bonds. The molecule has 0 radical (unpaired) electrons. The average Bonchev–Trinajstić information content (AvgIpc) is 3.32. The summed E-state index contributed by atoms with van der Waals surface area (Å²) in [5.74, 6) is -2.04. The highest BCUT2D eigenvalue weighted by Crippen LogP contribution is 2.35. The van der Waals surface area contributed by atoms with Gasteiger partial charge in [0.15, 0.2) is 6.29 Å². The van der Waals surface area contributed by atoms with E-state index in [1.54, 1.807) is 7.05 Å². The van der Waals surface area contributed by atoms with Crippen LogP contribution in [0.3, 0.4) is 0 Å². The van der Waals surface area contributed by atoms with Crippen molar-refractivity contribution in [1.29, 1.82) is 0 Å². The number of nitrogens with two attached hydrogens (primary N) is 1. The number of carbonyl (C=O) groups is 2. The molecule has 7 N–H and O–H groups in total. The maximum Gasteiger partial charge on any atom is 0.352 e. The zero-order chi connectivity index (χ0) is 26.1. The molecule has 0 spiro atoms. The van der Waals surface area contributed by atoms with Gasteiger partial charge in [0.05, 0.1) is 18.3 Å². The van der Waals surface area contributed by atoms with E-state index in [1.165, 1.54) is 17.2 Å². The van der Waals surface area contributed by atoms with Crippen LogP contribution in [0, 0.1) is 0 Å². The van der Waals surface area contributed by atoms with E-state index in [9.17, 15) is 34.5 Å². The molecule has 0 aromatic carbocycles. The number of nitrogens with one attached hydrogen (secondary N) is 2. The number of hydrogen-bond donors (Lipinski definition) is 6. The first-order chi connectivity index (χ1) is 17.1. The van der Waals surface area contributed by atoms with Crippen molar-refractivity contribution >= 4 is 11.9 Å². The molecule has 15 nitrogen and oxygen atoms in total. The van der Waals surface area contributed by atoms with Crippen LogP contribution in [-0.2, 0) is 23.8 Å². The third-order valence-electron chi connectivity index (χ3n) is 6.48. The predicted molar refractivity (Wildman–Crippen MR) is 119 cm³/mol. The van der Waals surface area contributed by atoms with E-state index in [4.69, 9.17) is 19.9 Å². The van der Waals surface area contributed by atoms with Gasteiger partial charge in [0.25, 0.3) is 5.56 Å². The molecule has 0 saturated carbocycles. The third-order valence-corrected chi connectivity index (χ3v) is 6.48. The molecule has 36 heavy (non-hydrogen) atoms. The zero-order valence-electron chi connectivity index (χ0n) is 19.4. The van der Waals surface area contributed by atoms with Gasteiger partial charge < -0.3 is 40.6 Å². The second kappa shape index (κ2) is 10.6. The molecule has 15 heteroatoms. The number of aliphatic hydroxyl groups excluding tert-OH is 2. The highest BCUT2D eigenvalue weighted by atomic mass is 16.7. The van der Waals surface area contributed by atoms with Crippen LogP contribution < -0.4 is 22.3 Å². The summed E-state index contributed by atoms with van der Waals surface area (Å²) in [6.45, 7) is 0.0806. The van der Waals surface area contributed by atoms with Crippen LogP contribution in [0.25, 0.3) is 0 Å². The number of amides is 1. The van der Waals surface area contributed by atoms with E-state index < -0.39 is 72.2 Å². The SMILES string of the molecule is CN1CC=C(C(=O)O)NC(=O)C1C(OC1CC(O)C(CN)O1)C1OC(n2ccc(=O)[nH]c2=O)CC1O. The molecule has 1 aromatic rings. The predicted octanol–water partition coefficient (Wildman–Crippen LogP) is -3.60. The van der Waals surface area contributed by atoms with E-state index in [1.807, 2.05) is 0 Å². The molecule has 8 unspecified atom stereocenters. The Balaban J connectivity index is 1.64. The summed E-state index contributed by atoms with van der Waals surface area (Å²) in [5.41, 5.74) is 3.97. The van der Waals surface area contributed by atoms with Crippen LogP contribution in [-0.4, -0.2) is 105 Å². The fourth-order valence-electron chi connectivity index (χ4n) is 4.64. The number of carboxylic acids is 1. The van der Waals surface area contributed by atoms with Crippen LogP contribution in [0.4, 0.5) is 0 Å². The summed E-state index contributed by atoms with van der Waals surface area (Å²) >= 11 is 0. The maximum absolute atomic E-state index is 13.2. The topological polar surface area (TPSA) is 219 Å². The standard InChI is InChI=1S/C21H29N5O10/c1-25-4-2-9(20(31)32)23-19(30)16(25)18(36-15-7-10(27)12(8-22)34-15)17-11(28)6-14(35-17)26-5-3-13(29)24-21(26)33/h2-3,5,10-12,14-18,27-28H,4,6-8,22H2,1H3,(H,23,30)(H,31,32)(H,24,29,33). The number of aliphatic carboxylic acids is 1. The van der Waals surface area contributed by atoms with Crippen LogP contribution in [0.1, 0.15) is 19.1 Å². The molecule has 1 aromatic heterocycles. The second-order valence-corrected chi connectivity index (χ2v) is 8.92. The lowest BCUT2D eigenvalue weighted by Gasteiger charge is -2.37. The van der Waals surface area contributed by atoms with Crippen molar-refractivity contribution < 1.29 is 39.1 Å². The number of aromatic nitrogens is 2. The number of aliphatic hydroxyl groups is 2. The first-order valence-corrected chi connectivity index (χ1v) is 11.4. The van der Waals surface area contributed by atoms with Gasteiger partial charge in [-0.25, -0.2) is 9.59 Å². The van der Waals surface area contributed by atoms with E-state index >= 15 is 0 Å². The Morgan fingerprint density at radius 1 is 1.25 bits per heavy atom. The van der Waals surface area contributed by atoms with E-state index in [0.717, 1.165) is 10.6 Å². The number of nitrogens with zero attached hydrogens (tertiary/aromatic N) is 2. The Bertz CT molecular complexity index is 1130. The van der Waals surface area contributed by atoms with Crippen molar-refractivity contribution in [2.75, 3.05) is 20.1 Å². The van der Waals surface area contributed by atoms with Gasteiger partial charge in [0, 0.05) is 38.2 Å². The third kappa shape index (κ3) is 5.27. The average molecular weight is 511 g/mol. The van der Waals surface area contributed by atoms with E-state index in [0.29, 0.717) is 0 Å². The molecule has 0 bridgehead atoms. The lowest BCUT2D eigenvalue weighted by atomic mass is 9.98. The summed E-state index contributed by atoms with van der Waals surface area (Å²) in [5, 5.41) is 32.8. The molecule has 4 heterocycles. The Labute approximate surface area is 204 Å². The first kappa shape index (κ1) is 26.2. The summed E-state index contributed by atoms with van der Waals surface area (Å²) in [6, 6.07) is -0.0217. The number of rotatable bonds is 7. The molecule has 198 valence electrons. The molecule has 8 atom stereocenters. The molecule has 3 aliphatic rings. The Hall–Kier alpha value is -2.92. The van der Waals surface area contributed by atoms with Crippen molar-refractivity contribution in [2.45, 2.75) is 61.9 Å². The van der Waals surface area contributed by atoms with Gasteiger partial charge in [-0.2, -0.15) is 0 Å². The van der Waals surface area contributed by atoms with E-state index in [-0.39, 0.29) is 31.6 Å². The molecule has 3 aliphatic heterocycles. The summed E-state index contributed by atoms with van der Waals surface area (Å²) in [7, 11) is 1.57. The Morgan fingerprint density at radius 2 is 2.00 bits per heavy atom. The van der Waals surface area contributed by atoms with Gasteiger partial charge in [-0.05, 0) is 13.1 Å². The van der Waals surface area contributed by atoms with Crippen LogP contribution >= 0.6 is 0 Å². The normalized spacial score (nSPS) is 34.2. The molecular weight excluding hydrogens is 482 g/mol. The Morgan fingerprint density at radius 3 is 2.64 bits per heavy atom. The number of aromatic amines is 1. The number of carbonyl (C=O) groups excluding carboxylic acids is 1. The van der Waals surface area contributed by atoms with Crippen molar-refractivity contribution in [3.63, 3.8) is 0 Å². The van der Waals surface area contributed by atoms with Gasteiger partial charge in [-0.15, -0.1) is 0 Å². The summed E-state index contributed by atoms with van der Waals surface area (Å²) in [6.07, 6.45) is -4.67. The van der Waals surface area contributed by atoms with Gasteiger partial charge in [0.2, 0.25) is 5.91 Å². The van der Waals surface area contributed by atoms with Crippen molar-refractivity contribution in [2.24, 2.45) is 5.73 Å². The Kier molecular flexibility index (Phi) is 7.70. The number of likely N-dealkylation sites (N-methyl/N-ethyl adjacent to an activating group) is 1. The highest BCUT2D eigenvalue weighted by molar-refractivity contribution is 5.95. The molecule has 4 rings (SSSR count). The van der Waals surface area contributed by atoms with Crippen LogP contribution in [0.15, 0.2) is 33.6 Å². The minimum atomic E-state index is -1.32. The first-order valence-electron chi connectivity index (χ1n) is 11.4. The quantitative estimate of drug-likeness (QED) is 0.209. The fourth-order valence-corrected chi connectivity index (χ4v) is 4.64. The monoisotopic (exact) mass is 511 g/mol. The van der Waals surface area contributed by atoms with Gasteiger partial charge in [0.1, 0.15) is 30.2 Å².